The van der Waals surface area contributed by atoms with Crippen LogP contribution in [0.3, 0.4) is 0 Å². The number of nitrogens with one attached hydrogen (secondary N) is 2. The molecule has 2 saturated heterocycles. The lowest BCUT2D eigenvalue weighted by Gasteiger charge is -2.26. The molecule has 1 aromatic rings. The fourth-order valence-corrected chi connectivity index (χ4v) is 3.30. The zero-order valence-corrected chi connectivity index (χ0v) is 13.7. The molecule has 2 aliphatic rings. The lowest BCUT2D eigenvalue weighted by molar-refractivity contribution is 0.0383. The number of piperidine rings is 1. The van der Waals surface area contributed by atoms with Crippen molar-refractivity contribution in [3.05, 3.63) is 35.4 Å². The highest BCUT2D eigenvalue weighted by atomic mass is 16.5. The molecule has 0 saturated carbocycles. The number of carbonyl (C=O) groups is 1. The van der Waals surface area contributed by atoms with Crippen LogP contribution < -0.4 is 10.6 Å². The molecule has 2 fully saturated rings. The Kier molecular flexibility index (Phi) is 6.02. The van der Waals surface area contributed by atoms with E-state index in [1.807, 2.05) is 12.1 Å². The third kappa shape index (κ3) is 4.77. The van der Waals surface area contributed by atoms with Gasteiger partial charge in [-0.3, -0.25) is 9.69 Å². The monoisotopic (exact) mass is 317 g/mol. The lowest BCUT2D eigenvalue weighted by Crippen LogP contribution is -2.41. The van der Waals surface area contributed by atoms with E-state index in [4.69, 9.17) is 4.74 Å². The fraction of sp³-hybridized carbons (Fsp3) is 0.611. The van der Waals surface area contributed by atoms with Crippen LogP contribution in [0, 0.1) is 0 Å². The van der Waals surface area contributed by atoms with Crippen LogP contribution >= 0.6 is 0 Å². The Hall–Kier alpha value is -1.43. The number of nitrogens with zero attached hydrogens (tertiary/aromatic N) is 1. The summed E-state index contributed by atoms with van der Waals surface area (Å²) < 4.78 is 5.32. The van der Waals surface area contributed by atoms with Gasteiger partial charge in [0, 0.05) is 38.3 Å². The Labute approximate surface area is 138 Å². The molecule has 0 aliphatic carbocycles. The van der Waals surface area contributed by atoms with Gasteiger partial charge in [-0.15, -0.1) is 0 Å². The van der Waals surface area contributed by atoms with E-state index in [0.717, 1.165) is 51.5 Å². The first-order chi connectivity index (χ1) is 11.3. The number of hydrogen-bond donors (Lipinski definition) is 2. The fourth-order valence-electron chi connectivity index (χ4n) is 3.30. The highest BCUT2D eigenvalue weighted by Gasteiger charge is 2.15. The van der Waals surface area contributed by atoms with Crippen LogP contribution in [0.2, 0.25) is 0 Å². The maximum Gasteiger partial charge on any atom is 0.251 e. The van der Waals surface area contributed by atoms with E-state index in [1.165, 1.54) is 18.4 Å². The Morgan fingerprint density at radius 2 is 2.04 bits per heavy atom. The van der Waals surface area contributed by atoms with Crippen molar-refractivity contribution in [1.82, 2.24) is 15.5 Å². The Balaban J connectivity index is 1.45. The summed E-state index contributed by atoms with van der Waals surface area (Å²) in [5, 5.41) is 6.45. The summed E-state index contributed by atoms with van der Waals surface area (Å²) in [4.78, 5) is 14.5. The van der Waals surface area contributed by atoms with Crippen LogP contribution in [0.1, 0.15) is 34.7 Å². The zero-order chi connectivity index (χ0) is 15.9. The van der Waals surface area contributed by atoms with E-state index < -0.39 is 0 Å². The first-order valence-electron chi connectivity index (χ1n) is 8.72. The third-order valence-corrected chi connectivity index (χ3v) is 4.76. The number of rotatable bonds is 5. The first kappa shape index (κ1) is 16.4. The minimum absolute atomic E-state index is 0.0200. The minimum atomic E-state index is 0.0200. The summed E-state index contributed by atoms with van der Waals surface area (Å²) in [6.45, 7) is 7.26. The molecule has 23 heavy (non-hydrogen) atoms. The number of hydrogen-bond acceptors (Lipinski definition) is 4. The maximum absolute atomic E-state index is 12.2. The Morgan fingerprint density at radius 1 is 1.26 bits per heavy atom. The third-order valence-electron chi connectivity index (χ3n) is 4.76. The summed E-state index contributed by atoms with van der Waals surface area (Å²) in [6, 6.07) is 8.12. The number of amides is 1. The second-order valence-electron chi connectivity index (χ2n) is 6.38. The molecule has 1 aromatic carbocycles. The Bertz CT molecular complexity index is 491. The average molecular weight is 317 g/mol. The van der Waals surface area contributed by atoms with E-state index in [1.54, 1.807) is 0 Å². The van der Waals surface area contributed by atoms with Crippen molar-refractivity contribution in [2.24, 2.45) is 0 Å². The zero-order valence-electron chi connectivity index (χ0n) is 13.7. The second kappa shape index (κ2) is 8.43. The molecule has 2 aliphatic heterocycles. The standard InChI is InChI=1S/C18H27N3O2/c22-18(20-8-9-21-10-12-23-13-11-21)16-5-3-15(4-6-16)17-2-1-7-19-14-17/h3-6,17,19H,1-2,7-14H2,(H,20,22)/t17-/m1/s1. The van der Waals surface area contributed by atoms with Gasteiger partial charge >= 0.3 is 0 Å². The molecule has 2 N–H and O–H groups in total. The van der Waals surface area contributed by atoms with Crippen LogP contribution in [-0.2, 0) is 4.74 Å². The van der Waals surface area contributed by atoms with Crippen LogP contribution in [0.25, 0.3) is 0 Å². The summed E-state index contributed by atoms with van der Waals surface area (Å²) in [5.41, 5.74) is 2.08. The van der Waals surface area contributed by atoms with Crippen molar-refractivity contribution in [3.8, 4) is 0 Å². The Morgan fingerprint density at radius 3 is 2.74 bits per heavy atom. The highest BCUT2D eigenvalue weighted by molar-refractivity contribution is 5.94. The molecule has 1 amide bonds. The largest absolute Gasteiger partial charge is 0.379 e. The average Bonchev–Trinajstić information content (AvgIpc) is 2.63. The van der Waals surface area contributed by atoms with Gasteiger partial charge in [0.1, 0.15) is 0 Å². The van der Waals surface area contributed by atoms with Gasteiger partial charge in [-0.05, 0) is 43.0 Å². The van der Waals surface area contributed by atoms with Gasteiger partial charge in [0.15, 0.2) is 0 Å². The molecular weight excluding hydrogens is 290 g/mol. The highest BCUT2D eigenvalue weighted by Crippen LogP contribution is 2.23. The van der Waals surface area contributed by atoms with E-state index in [9.17, 15) is 4.79 Å². The quantitative estimate of drug-likeness (QED) is 0.857. The van der Waals surface area contributed by atoms with Gasteiger partial charge < -0.3 is 15.4 Å². The molecular formula is C18H27N3O2. The van der Waals surface area contributed by atoms with Crippen molar-refractivity contribution in [2.75, 3.05) is 52.5 Å². The van der Waals surface area contributed by atoms with E-state index in [0.29, 0.717) is 12.5 Å². The summed E-state index contributed by atoms with van der Waals surface area (Å²) in [6.07, 6.45) is 2.46. The van der Waals surface area contributed by atoms with Crippen LogP contribution in [-0.4, -0.2) is 63.3 Å². The predicted molar refractivity (Wildman–Crippen MR) is 90.9 cm³/mol. The summed E-state index contributed by atoms with van der Waals surface area (Å²) >= 11 is 0. The molecule has 3 rings (SSSR count). The van der Waals surface area contributed by atoms with Gasteiger partial charge in [-0.2, -0.15) is 0 Å². The molecule has 126 valence electrons. The SMILES string of the molecule is O=C(NCCN1CCOCC1)c1ccc([C@@H]2CCCNC2)cc1. The van der Waals surface area contributed by atoms with Crippen molar-refractivity contribution in [2.45, 2.75) is 18.8 Å². The number of morpholine rings is 1. The van der Waals surface area contributed by atoms with Crippen LogP contribution in [0.5, 0.6) is 0 Å². The minimum Gasteiger partial charge on any atom is -0.379 e. The van der Waals surface area contributed by atoms with Gasteiger partial charge in [-0.1, -0.05) is 12.1 Å². The topological polar surface area (TPSA) is 53.6 Å². The van der Waals surface area contributed by atoms with E-state index >= 15 is 0 Å². The lowest BCUT2D eigenvalue weighted by atomic mass is 9.91. The molecule has 0 unspecified atom stereocenters. The van der Waals surface area contributed by atoms with Crippen LogP contribution in [0.4, 0.5) is 0 Å². The molecule has 2 heterocycles. The number of ether oxygens (including phenoxy) is 1. The first-order valence-corrected chi connectivity index (χ1v) is 8.72. The molecule has 0 aromatic heterocycles. The summed E-state index contributed by atoms with van der Waals surface area (Å²) in [7, 11) is 0. The van der Waals surface area contributed by atoms with Crippen molar-refractivity contribution < 1.29 is 9.53 Å². The van der Waals surface area contributed by atoms with Gasteiger partial charge in [0.05, 0.1) is 13.2 Å². The molecule has 1 atom stereocenters. The van der Waals surface area contributed by atoms with Gasteiger partial charge in [0.25, 0.3) is 5.91 Å². The molecule has 0 radical (unpaired) electrons. The van der Waals surface area contributed by atoms with Crippen molar-refractivity contribution in [3.63, 3.8) is 0 Å². The predicted octanol–water partition coefficient (Wildman–Crippen LogP) is 1.22. The van der Waals surface area contributed by atoms with Gasteiger partial charge in [-0.25, -0.2) is 0 Å². The smallest absolute Gasteiger partial charge is 0.251 e. The van der Waals surface area contributed by atoms with Crippen LogP contribution in [0.15, 0.2) is 24.3 Å². The van der Waals surface area contributed by atoms with Gasteiger partial charge in [0.2, 0.25) is 0 Å². The van der Waals surface area contributed by atoms with Crippen molar-refractivity contribution >= 4 is 5.91 Å². The molecule has 5 nitrogen and oxygen atoms in total. The number of carbonyl (C=O) groups excluding carboxylic acids is 1. The summed E-state index contributed by atoms with van der Waals surface area (Å²) in [5.74, 6) is 0.605. The molecule has 0 bridgehead atoms. The molecule has 0 spiro atoms. The molecule has 5 heteroatoms. The number of benzene rings is 1. The van der Waals surface area contributed by atoms with E-state index in [2.05, 4.69) is 27.7 Å². The van der Waals surface area contributed by atoms with Crippen molar-refractivity contribution in [1.29, 1.82) is 0 Å². The normalized spacial score (nSPS) is 22.7. The second-order valence-corrected chi connectivity index (χ2v) is 6.38. The van der Waals surface area contributed by atoms with E-state index in [-0.39, 0.29) is 5.91 Å². The maximum atomic E-state index is 12.2.